The Morgan fingerprint density at radius 3 is 2.37 bits per heavy atom. The smallest absolute Gasteiger partial charge is 0.247 e. The first-order valence-corrected chi connectivity index (χ1v) is 9.48. The van der Waals surface area contributed by atoms with Crippen molar-refractivity contribution in [1.29, 1.82) is 0 Å². The first-order valence-electron chi connectivity index (χ1n) is 9.48. The van der Waals surface area contributed by atoms with Gasteiger partial charge in [0.2, 0.25) is 11.8 Å². The first kappa shape index (κ1) is 16.8. The lowest BCUT2D eigenvalue weighted by Gasteiger charge is -2.04. The number of fused-ring (bicyclic) bond motifs is 4. The van der Waals surface area contributed by atoms with Crippen molar-refractivity contribution in [3.8, 4) is 11.5 Å². The molecule has 0 aliphatic rings. The highest BCUT2D eigenvalue weighted by Gasteiger charge is 2.17. The van der Waals surface area contributed by atoms with E-state index in [1.807, 2.05) is 53.1 Å². The van der Waals surface area contributed by atoms with Crippen molar-refractivity contribution in [2.24, 2.45) is 0 Å². The van der Waals surface area contributed by atoms with Gasteiger partial charge in [0, 0.05) is 10.9 Å². The molecular formula is C23H14FN5O. The van der Waals surface area contributed by atoms with E-state index in [1.165, 1.54) is 12.1 Å². The number of benzene rings is 3. The SMILES string of the molecule is Fc1ccc(-c2nnc(Cn3c4ccccc4c4nc5ccccc5nc43)o2)cc1. The minimum atomic E-state index is -0.311. The molecule has 0 fully saturated rings. The molecule has 0 amide bonds. The lowest BCUT2D eigenvalue weighted by molar-refractivity contribution is 0.494. The van der Waals surface area contributed by atoms with Gasteiger partial charge in [-0.25, -0.2) is 14.4 Å². The lowest BCUT2D eigenvalue weighted by atomic mass is 10.2. The summed E-state index contributed by atoms with van der Waals surface area (Å²) in [5, 5.41) is 9.32. The van der Waals surface area contributed by atoms with Crippen molar-refractivity contribution >= 4 is 33.1 Å². The van der Waals surface area contributed by atoms with E-state index in [2.05, 4.69) is 10.2 Å². The molecule has 0 saturated carbocycles. The number of hydrogen-bond acceptors (Lipinski definition) is 5. The molecule has 0 spiro atoms. The second kappa shape index (κ2) is 6.45. The van der Waals surface area contributed by atoms with Crippen molar-refractivity contribution in [1.82, 2.24) is 24.7 Å². The standard InChI is InChI=1S/C23H14FN5O/c24-15-11-9-14(10-12-15)23-28-27-20(30-23)13-29-19-8-4-1-5-16(19)21-22(29)26-18-7-3-2-6-17(18)25-21/h1-12H,13H2. The summed E-state index contributed by atoms with van der Waals surface area (Å²) in [6.45, 7) is 0.352. The van der Waals surface area contributed by atoms with Gasteiger partial charge in [0.25, 0.3) is 0 Å². The molecular weight excluding hydrogens is 381 g/mol. The number of aromatic nitrogens is 5. The topological polar surface area (TPSA) is 69.6 Å². The van der Waals surface area contributed by atoms with E-state index in [0.29, 0.717) is 23.9 Å². The van der Waals surface area contributed by atoms with Crippen LogP contribution in [0, 0.1) is 5.82 Å². The molecule has 3 aromatic heterocycles. The van der Waals surface area contributed by atoms with Gasteiger partial charge in [0.05, 0.1) is 16.6 Å². The third-order valence-corrected chi connectivity index (χ3v) is 5.11. The van der Waals surface area contributed by atoms with Crippen LogP contribution in [0.3, 0.4) is 0 Å². The van der Waals surface area contributed by atoms with Crippen molar-refractivity contribution in [3.05, 3.63) is 84.5 Å². The third-order valence-electron chi connectivity index (χ3n) is 5.11. The Hall–Kier alpha value is -4.13. The first-order chi connectivity index (χ1) is 14.8. The van der Waals surface area contributed by atoms with Crippen LogP contribution < -0.4 is 0 Å². The highest BCUT2D eigenvalue weighted by atomic mass is 19.1. The highest BCUT2D eigenvalue weighted by molar-refractivity contribution is 6.06. The Bertz CT molecular complexity index is 1530. The van der Waals surface area contributed by atoms with Crippen LogP contribution in [-0.4, -0.2) is 24.7 Å². The van der Waals surface area contributed by atoms with Crippen LogP contribution in [0.4, 0.5) is 4.39 Å². The fourth-order valence-electron chi connectivity index (χ4n) is 3.70. The molecule has 0 radical (unpaired) electrons. The molecule has 3 heterocycles. The van der Waals surface area contributed by atoms with Gasteiger partial charge in [-0.2, -0.15) is 0 Å². The number of halogens is 1. The number of para-hydroxylation sites is 3. The average Bonchev–Trinajstić information content (AvgIpc) is 3.37. The monoisotopic (exact) mass is 395 g/mol. The number of hydrogen-bond donors (Lipinski definition) is 0. The molecule has 144 valence electrons. The highest BCUT2D eigenvalue weighted by Crippen LogP contribution is 2.29. The zero-order valence-electron chi connectivity index (χ0n) is 15.7. The molecule has 0 aliphatic carbocycles. The van der Waals surface area contributed by atoms with E-state index in [0.717, 1.165) is 33.1 Å². The van der Waals surface area contributed by atoms with Crippen LogP contribution in [-0.2, 0) is 6.54 Å². The third kappa shape index (κ3) is 2.63. The molecule has 0 atom stereocenters. The minimum Gasteiger partial charge on any atom is -0.419 e. The van der Waals surface area contributed by atoms with Crippen LogP contribution in [0.5, 0.6) is 0 Å². The van der Waals surface area contributed by atoms with E-state index < -0.39 is 0 Å². The van der Waals surface area contributed by atoms with Gasteiger partial charge in [0.15, 0.2) is 5.65 Å². The molecule has 6 nitrogen and oxygen atoms in total. The summed E-state index contributed by atoms with van der Waals surface area (Å²) >= 11 is 0. The second-order valence-electron chi connectivity index (χ2n) is 7.00. The van der Waals surface area contributed by atoms with E-state index in [1.54, 1.807) is 12.1 Å². The van der Waals surface area contributed by atoms with E-state index in [4.69, 9.17) is 14.4 Å². The maximum absolute atomic E-state index is 13.2. The zero-order chi connectivity index (χ0) is 20.1. The van der Waals surface area contributed by atoms with Gasteiger partial charge in [-0.05, 0) is 42.5 Å². The maximum Gasteiger partial charge on any atom is 0.247 e. The Kier molecular flexibility index (Phi) is 3.61. The molecule has 6 rings (SSSR count). The van der Waals surface area contributed by atoms with Crippen LogP contribution in [0.15, 0.2) is 77.2 Å². The van der Waals surface area contributed by atoms with Gasteiger partial charge < -0.3 is 8.98 Å². The number of rotatable bonds is 3. The van der Waals surface area contributed by atoms with Crippen LogP contribution in [0.1, 0.15) is 5.89 Å². The second-order valence-corrected chi connectivity index (χ2v) is 7.00. The van der Waals surface area contributed by atoms with Gasteiger partial charge >= 0.3 is 0 Å². The summed E-state index contributed by atoms with van der Waals surface area (Å²) in [6.07, 6.45) is 0. The molecule has 30 heavy (non-hydrogen) atoms. The molecule has 0 unspecified atom stereocenters. The van der Waals surface area contributed by atoms with Gasteiger partial charge in [0.1, 0.15) is 17.9 Å². The summed E-state index contributed by atoms with van der Waals surface area (Å²) in [4.78, 5) is 9.70. The molecule has 3 aromatic carbocycles. The van der Waals surface area contributed by atoms with E-state index in [-0.39, 0.29) is 5.82 Å². The summed E-state index contributed by atoms with van der Waals surface area (Å²) in [6, 6.07) is 21.8. The molecule has 0 aliphatic heterocycles. The fourth-order valence-corrected chi connectivity index (χ4v) is 3.70. The molecule has 7 heteroatoms. The Morgan fingerprint density at radius 2 is 1.53 bits per heavy atom. The lowest BCUT2D eigenvalue weighted by Crippen LogP contribution is -2.01. The zero-order valence-corrected chi connectivity index (χ0v) is 15.7. The largest absolute Gasteiger partial charge is 0.419 e. The summed E-state index contributed by atoms with van der Waals surface area (Å²) in [7, 11) is 0. The van der Waals surface area contributed by atoms with Gasteiger partial charge in [-0.1, -0.05) is 30.3 Å². The summed E-state index contributed by atoms with van der Waals surface area (Å²) in [5.41, 5.74) is 4.93. The van der Waals surface area contributed by atoms with Gasteiger partial charge in [-0.15, -0.1) is 10.2 Å². The Morgan fingerprint density at radius 1 is 0.800 bits per heavy atom. The van der Waals surface area contributed by atoms with E-state index >= 15 is 0 Å². The predicted molar refractivity (Wildman–Crippen MR) is 111 cm³/mol. The predicted octanol–water partition coefficient (Wildman–Crippen LogP) is 4.98. The van der Waals surface area contributed by atoms with Crippen molar-refractivity contribution in [3.63, 3.8) is 0 Å². The summed E-state index contributed by atoms with van der Waals surface area (Å²) < 4.78 is 21.1. The van der Waals surface area contributed by atoms with Crippen molar-refractivity contribution in [2.75, 3.05) is 0 Å². The van der Waals surface area contributed by atoms with Gasteiger partial charge in [-0.3, -0.25) is 0 Å². The van der Waals surface area contributed by atoms with Crippen molar-refractivity contribution in [2.45, 2.75) is 6.54 Å². The quantitative estimate of drug-likeness (QED) is 0.423. The average molecular weight is 395 g/mol. The molecule has 0 saturated heterocycles. The molecule has 0 bridgehead atoms. The van der Waals surface area contributed by atoms with Crippen molar-refractivity contribution < 1.29 is 8.81 Å². The van der Waals surface area contributed by atoms with E-state index in [9.17, 15) is 4.39 Å². The normalized spacial score (nSPS) is 11.6. The summed E-state index contributed by atoms with van der Waals surface area (Å²) in [5.74, 6) is 0.476. The Balaban J connectivity index is 1.50. The Labute approximate surface area is 169 Å². The van der Waals surface area contributed by atoms with Crippen LogP contribution in [0.25, 0.3) is 44.6 Å². The molecule has 6 aromatic rings. The van der Waals surface area contributed by atoms with Crippen LogP contribution in [0.2, 0.25) is 0 Å². The minimum absolute atomic E-state index is 0.311. The molecule has 0 N–H and O–H groups in total. The fraction of sp³-hybridized carbons (Fsp3) is 0.0435. The number of nitrogens with zero attached hydrogens (tertiary/aromatic N) is 5. The maximum atomic E-state index is 13.2. The van der Waals surface area contributed by atoms with Crippen LogP contribution >= 0.6 is 0 Å².